The summed E-state index contributed by atoms with van der Waals surface area (Å²) in [5.41, 5.74) is 8.43. The van der Waals surface area contributed by atoms with Gasteiger partial charge in [-0.25, -0.2) is 0 Å². The quantitative estimate of drug-likeness (QED) is 0.559. The number of anilines is 1. The number of fused-ring (bicyclic) bond motifs is 1. The number of hydrogen-bond donors (Lipinski definition) is 4. The van der Waals surface area contributed by atoms with Crippen LogP contribution >= 0.6 is 0 Å². The lowest BCUT2D eigenvalue weighted by atomic mass is 10.1. The summed E-state index contributed by atoms with van der Waals surface area (Å²) in [4.78, 5) is 28.3. The van der Waals surface area contributed by atoms with Crippen molar-refractivity contribution in [3.63, 3.8) is 0 Å². The molecule has 1 fully saturated rings. The predicted octanol–water partition coefficient (Wildman–Crippen LogP) is 0.493. The Morgan fingerprint density at radius 1 is 1.20 bits per heavy atom. The maximum Gasteiger partial charge on any atom is 0.268 e. The van der Waals surface area contributed by atoms with Gasteiger partial charge in [-0.3, -0.25) is 25.3 Å². The highest BCUT2D eigenvalue weighted by molar-refractivity contribution is 5.97. The minimum absolute atomic E-state index is 0.0775. The fraction of sp³-hybridized carbons (Fsp3) is 0.429. The molecule has 4 N–H and O–H groups in total. The van der Waals surface area contributed by atoms with Gasteiger partial charge < -0.3 is 20.3 Å². The Balaban J connectivity index is 1.32. The largest absolute Gasteiger partial charge is 0.478 e. The molecule has 9 nitrogen and oxygen atoms in total. The topological polar surface area (TPSA) is 98.0 Å². The van der Waals surface area contributed by atoms with Gasteiger partial charge in [0, 0.05) is 39.8 Å². The van der Waals surface area contributed by atoms with Crippen molar-refractivity contribution < 1.29 is 14.3 Å². The van der Waals surface area contributed by atoms with Crippen molar-refractivity contribution in [1.82, 2.24) is 26.0 Å². The van der Waals surface area contributed by atoms with Gasteiger partial charge in [-0.05, 0) is 36.3 Å². The Labute approximate surface area is 176 Å². The van der Waals surface area contributed by atoms with Crippen LogP contribution in [0, 0.1) is 0 Å². The van der Waals surface area contributed by atoms with E-state index in [0.717, 1.165) is 55.5 Å². The lowest BCUT2D eigenvalue weighted by molar-refractivity contribution is -0.123. The molecule has 1 atom stereocenters. The molecular formula is C21H28N6O3. The molecule has 1 aromatic carbocycles. The number of likely N-dealkylation sites (N-methyl/N-ethyl adjacent to an activating group) is 1. The smallest absolute Gasteiger partial charge is 0.268 e. The van der Waals surface area contributed by atoms with E-state index >= 15 is 0 Å². The fourth-order valence-electron chi connectivity index (χ4n) is 3.80. The van der Waals surface area contributed by atoms with Crippen molar-refractivity contribution in [2.24, 2.45) is 0 Å². The Morgan fingerprint density at radius 3 is 2.67 bits per heavy atom. The van der Waals surface area contributed by atoms with Gasteiger partial charge in [-0.15, -0.1) is 0 Å². The van der Waals surface area contributed by atoms with Gasteiger partial charge in [0.05, 0.1) is 5.69 Å². The minimum Gasteiger partial charge on any atom is -0.478 e. The molecule has 2 amide bonds. The average Bonchev–Trinajstić information content (AvgIpc) is 2.78. The zero-order valence-corrected chi connectivity index (χ0v) is 17.3. The van der Waals surface area contributed by atoms with Gasteiger partial charge in [0.2, 0.25) is 0 Å². The average molecular weight is 412 g/mol. The van der Waals surface area contributed by atoms with Crippen LogP contribution in [0.2, 0.25) is 0 Å². The maximum absolute atomic E-state index is 12.1. The number of ether oxygens (including phenoxy) is 1. The molecule has 0 bridgehead atoms. The molecule has 0 spiro atoms. The second kappa shape index (κ2) is 8.66. The summed E-state index contributed by atoms with van der Waals surface area (Å²) in [7, 11) is 1.61. The van der Waals surface area contributed by atoms with Gasteiger partial charge >= 0.3 is 0 Å². The molecule has 30 heavy (non-hydrogen) atoms. The number of carbonyl (C=O) groups excluding carboxylic acids is 2. The number of nitrogens with zero attached hydrogens (tertiary/aromatic N) is 2. The first-order valence-electron chi connectivity index (χ1n) is 10.3. The number of rotatable bonds is 5. The highest BCUT2D eigenvalue weighted by atomic mass is 16.5. The number of amides is 2. The molecule has 4 rings (SSSR count). The predicted molar refractivity (Wildman–Crippen MR) is 113 cm³/mol. The first kappa shape index (κ1) is 20.1. The van der Waals surface area contributed by atoms with Crippen molar-refractivity contribution in [1.29, 1.82) is 0 Å². The van der Waals surface area contributed by atoms with Crippen LogP contribution in [0.5, 0.6) is 5.75 Å². The highest BCUT2D eigenvalue weighted by Crippen LogP contribution is 2.31. The summed E-state index contributed by atoms with van der Waals surface area (Å²) in [5.74, 6) is 1.47. The van der Waals surface area contributed by atoms with E-state index in [1.807, 2.05) is 25.1 Å². The second-order valence-electron chi connectivity index (χ2n) is 7.56. The van der Waals surface area contributed by atoms with Crippen molar-refractivity contribution in [2.45, 2.75) is 26.0 Å². The van der Waals surface area contributed by atoms with Gasteiger partial charge in [0.1, 0.15) is 17.3 Å². The molecule has 1 aromatic rings. The molecule has 0 aliphatic carbocycles. The van der Waals surface area contributed by atoms with Gasteiger partial charge in [-0.1, -0.05) is 13.0 Å². The zero-order chi connectivity index (χ0) is 21.1. The molecule has 9 heteroatoms. The van der Waals surface area contributed by atoms with Crippen molar-refractivity contribution >= 4 is 17.5 Å². The second-order valence-corrected chi connectivity index (χ2v) is 7.56. The minimum atomic E-state index is -0.407. The standard InChI is InChI=1S/C21H28N6O3/c1-3-17-21(29)23-16-12-14(4-6-18(16)30-17)13-26-8-10-27(11-9-26)19-7-5-15(24-25-19)20(28)22-2/h4-7,12,17,24-25H,3,8-11,13H2,1-2H3,(H,22,28)(H,23,29)/t17-/m0/s1. The van der Waals surface area contributed by atoms with E-state index < -0.39 is 6.10 Å². The lowest BCUT2D eigenvalue weighted by Gasteiger charge is -2.38. The molecule has 3 heterocycles. The number of nitrogens with one attached hydrogen (secondary N) is 4. The summed E-state index contributed by atoms with van der Waals surface area (Å²) in [5, 5.41) is 5.55. The first-order chi connectivity index (χ1) is 14.6. The van der Waals surface area contributed by atoms with Crippen LogP contribution in [-0.2, 0) is 16.1 Å². The molecule has 0 unspecified atom stereocenters. The Kier molecular flexibility index (Phi) is 5.80. The van der Waals surface area contributed by atoms with Gasteiger partial charge in [-0.2, -0.15) is 0 Å². The number of piperazine rings is 1. The number of allylic oxidation sites excluding steroid dienone is 2. The van der Waals surface area contributed by atoms with Crippen LogP contribution in [0.4, 0.5) is 5.69 Å². The van der Waals surface area contributed by atoms with E-state index in [1.165, 1.54) is 0 Å². The summed E-state index contributed by atoms with van der Waals surface area (Å²) < 4.78 is 5.77. The van der Waals surface area contributed by atoms with Crippen LogP contribution in [0.1, 0.15) is 18.9 Å². The monoisotopic (exact) mass is 412 g/mol. The zero-order valence-electron chi connectivity index (χ0n) is 17.3. The van der Waals surface area contributed by atoms with E-state index in [-0.39, 0.29) is 11.8 Å². The van der Waals surface area contributed by atoms with Crippen LogP contribution in [-0.4, -0.2) is 60.9 Å². The third kappa shape index (κ3) is 4.20. The molecule has 0 aromatic heterocycles. The SMILES string of the molecule is CC[C@@H]1Oc2ccc(CN3CCN(C4=CC=C(C(=O)NC)NN4)CC3)cc2NC1=O. The van der Waals surface area contributed by atoms with Crippen molar-refractivity contribution in [3.05, 3.63) is 47.4 Å². The highest BCUT2D eigenvalue weighted by Gasteiger charge is 2.26. The van der Waals surface area contributed by atoms with E-state index in [4.69, 9.17) is 4.74 Å². The van der Waals surface area contributed by atoms with Gasteiger partial charge in [0.15, 0.2) is 6.10 Å². The molecule has 160 valence electrons. The Morgan fingerprint density at radius 2 is 2.00 bits per heavy atom. The summed E-state index contributed by atoms with van der Waals surface area (Å²) in [6.07, 6.45) is 3.95. The number of hydrazine groups is 1. The molecule has 0 radical (unpaired) electrons. The number of carbonyl (C=O) groups is 2. The molecular weight excluding hydrogens is 384 g/mol. The maximum atomic E-state index is 12.1. The van der Waals surface area contributed by atoms with E-state index in [9.17, 15) is 9.59 Å². The molecule has 3 aliphatic rings. The van der Waals surface area contributed by atoms with E-state index in [0.29, 0.717) is 12.1 Å². The summed E-state index contributed by atoms with van der Waals surface area (Å²) >= 11 is 0. The van der Waals surface area contributed by atoms with E-state index in [2.05, 4.69) is 37.4 Å². The van der Waals surface area contributed by atoms with Crippen molar-refractivity contribution in [2.75, 3.05) is 38.5 Å². The van der Waals surface area contributed by atoms with Crippen LogP contribution in [0.3, 0.4) is 0 Å². The van der Waals surface area contributed by atoms with E-state index in [1.54, 1.807) is 13.1 Å². The van der Waals surface area contributed by atoms with Crippen LogP contribution in [0.25, 0.3) is 0 Å². The van der Waals surface area contributed by atoms with Crippen molar-refractivity contribution in [3.8, 4) is 5.75 Å². The number of benzene rings is 1. The molecule has 1 saturated heterocycles. The number of hydrogen-bond acceptors (Lipinski definition) is 7. The lowest BCUT2D eigenvalue weighted by Crippen LogP contribution is -2.51. The third-order valence-corrected chi connectivity index (χ3v) is 5.56. The molecule has 0 saturated carbocycles. The summed E-state index contributed by atoms with van der Waals surface area (Å²) in [6, 6.07) is 6.02. The van der Waals surface area contributed by atoms with Crippen LogP contribution in [0.15, 0.2) is 41.9 Å². The Bertz CT molecular complexity index is 889. The summed E-state index contributed by atoms with van der Waals surface area (Å²) in [6.45, 7) is 6.36. The first-order valence-corrected chi connectivity index (χ1v) is 10.3. The normalized spacial score (nSPS) is 21.2. The fourth-order valence-corrected chi connectivity index (χ4v) is 3.80. The Hall–Kier alpha value is -3.20. The van der Waals surface area contributed by atoms with Gasteiger partial charge in [0.25, 0.3) is 11.8 Å². The third-order valence-electron chi connectivity index (χ3n) is 5.56. The molecule has 3 aliphatic heterocycles. The van der Waals surface area contributed by atoms with Crippen LogP contribution < -0.4 is 26.2 Å².